The third kappa shape index (κ3) is 10.8. The van der Waals surface area contributed by atoms with Gasteiger partial charge in [-0.3, -0.25) is 0 Å². The van der Waals surface area contributed by atoms with Crippen molar-refractivity contribution in [3.63, 3.8) is 0 Å². The Kier molecular flexibility index (Phi) is 9.46. The Bertz CT molecular complexity index is 995. The van der Waals surface area contributed by atoms with E-state index in [4.69, 9.17) is 9.47 Å². The second-order valence-corrected chi connectivity index (χ2v) is 12.9. The molecule has 0 radical (unpaired) electrons. The number of esters is 1. The van der Waals surface area contributed by atoms with Crippen LogP contribution in [0.1, 0.15) is 79.0 Å². The van der Waals surface area contributed by atoms with Crippen molar-refractivity contribution in [3.05, 3.63) is 65.2 Å². The van der Waals surface area contributed by atoms with Gasteiger partial charge >= 0.3 is 12.1 Å². The maximum atomic E-state index is 12.9. The second-order valence-electron chi connectivity index (χ2n) is 11.8. The van der Waals surface area contributed by atoms with Crippen LogP contribution in [0, 0.1) is 0 Å². The SMILES string of the molecule is CC(C)(C)OC(=O)N[C@@H](Cc1cccc(SCc2ccc(C(C)(C)C)cc2)c1)C(=O)OC(C)(C)C. The van der Waals surface area contributed by atoms with Crippen LogP contribution in [-0.4, -0.2) is 29.3 Å². The molecule has 0 saturated carbocycles. The molecule has 35 heavy (non-hydrogen) atoms. The van der Waals surface area contributed by atoms with Crippen LogP contribution in [0.4, 0.5) is 4.79 Å². The van der Waals surface area contributed by atoms with Gasteiger partial charge in [0.05, 0.1) is 0 Å². The molecule has 0 aromatic heterocycles. The molecule has 2 aromatic carbocycles. The number of alkyl carbamates (subject to hydrolysis) is 1. The third-order valence-electron chi connectivity index (χ3n) is 4.95. The highest BCUT2D eigenvalue weighted by Crippen LogP contribution is 2.27. The second kappa shape index (κ2) is 11.5. The number of carbonyl (C=O) groups is 2. The Balaban J connectivity index is 2.11. The monoisotopic (exact) mass is 499 g/mol. The van der Waals surface area contributed by atoms with Crippen LogP contribution in [0.5, 0.6) is 0 Å². The molecule has 2 aromatic rings. The van der Waals surface area contributed by atoms with Gasteiger partial charge < -0.3 is 14.8 Å². The average Bonchev–Trinajstić information content (AvgIpc) is 2.69. The predicted molar refractivity (Wildman–Crippen MR) is 144 cm³/mol. The van der Waals surface area contributed by atoms with Gasteiger partial charge in [0.25, 0.3) is 0 Å². The zero-order valence-electron chi connectivity index (χ0n) is 22.7. The van der Waals surface area contributed by atoms with Gasteiger partial charge in [0.15, 0.2) is 0 Å². The van der Waals surface area contributed by atoms with E-state index in [9.17, 15) is 9.59 Å². The van der Waals surface area contributed by atoms with E-state index in [2.05, 4.69) is 62.5 Å². The Morgan fingerprint density at radius 1 is 0.829 bits per heavy atom. The van der Waals surface area contributed by atoms with Crippen molar-refractivity contribution >= 4 is 23.8 Å². The zero-order valence-corrected chi connectivity index (χ0v) is 23.5. The quantitative estimate of drug-likeness (QED) is 0.326. The van der Waals surface area contributed by atoms with Crippen LogP contribution in [0.25, 0.3) is 0 Å². The standard InChI is InChI=1S/C29H41NO4S/c1-27(2,3)22-15-13-20(14-16-22)19-35-23-12-10-11-21(17-23)18-24(25(31)33-28(4,5)6)30-26(32)34-29(7,8)9/h10-17,24H,18-19H2,1-9H3,(H,30,32)/t24-/m0/s1. The summed E-state index contributed by atoms with van der Waals surface area (Å²) in [6, 6.07) is 15.9. The summed E-state index contributed by atoms with van der Waals surface area (Å²) in [6.07, 6.45) is -0.333. The molecule has 0 bridgehead atoms. The first kappa shape index (κ1) is 28.8. The number of ether oxygens (including phenoxy) is 2. The fourth-order valence-electron chi connectivity index (χ4n) is 3.28. The lowest BCUT2D eigenvalue weighted by atomic mass is 9.87. The molecule has 1 atom stereocenters. The largest absolute Gasteiger partial charge is 0.458 e. The summed E-state index contributed by atoms with van der Waals surface area (Å²) >= 11 is 1.74. The number of amides is 1. The molecule has 0 aliphatic carbocycles. The molecule has 5 nitrogen and oxygen atoms in total. The topological polar surface area (TPSA) is 64.6 Å². The lowest BCUT2D eigenvalue weighted by Gasteiger charge is -2.26. The van der Waals surface area contributed by atoms with Gasteiger partial charge in [0.1, 0.15) is 17.2 Å². The Hall–Kier alpha value is -2.47. The van der Waals surface area contributed by atoms with E-state index in [0.717, 1.165) is 16.2 Å². The van der Waals surface area contributed by atoms with Crippen molar-refractivity contribution in [1.82, 2.24) is 5.32 Å². The Morgan fingerprint density at radius 3 is 1.97 bits per heavy atom. The molecular formula is C29H41NO4S. The molecule has 192 valence electrons. The number of hydrogen-bond donors (Lipinski definition) is 1. The van der Waals surface area contributed by atoms with E-state index in [0.29, 0.717) is 6.42 Å². The molecule has 6 heteroatoms. The fourth-order valence-corrected chi connectivity index (χ4v) is 4.22. The number of benzene rings is 2. The van der Waals surface area contributed by atoms with Crippen LogP contribution in [0.15, 0.2) is 53.4 Å². The van der Waals surface area contributed by atoms with E-state index >= 15 is 0 Å². The lowest BCUT2D eigenvalue weighted by molar-refractivity contribution is -0.157. The molecule has 0 aliphatic heterocycles. The number of thioether (sulfide) groups is 1. The molecule has 1 amide bonds. The van der Waals surface area contributed by atoms with Gasteiger partial charge in [-0.05, 0) is 75.8 Å². The molecular weight excluding hydrogens is 458 g/mol. The van der Waals surface area contributed by atoms with Crippen molar-refractivity contribution in [2.24, 2.45) is 0 Å². The molecule has 0 spiro atoms. The van der Waals surface area contributed by atoms with Crippen molar-refractivity contribution in [2.45, 2.75) is 102 Å². The first-order valence-corrected chi connectivity index (χ1v) is 13.0. The highest BCUT2D eigenvalue weighted by atomic mass is 32.2. The zero-order chi connectivity index (χ0) is 26.4. The minimum absolute atomic E-state index is 0.137. The summed E-state index contributed by atoms with van der Waals surface area (Å²) in [5.74, 6) is 0.361. The summed E-state index contributed by atoms with van der Waals surface area (Å²) in [7, 11) is 0. The Labute approximate surface area is 215 Å². The lowest BCUT2D eigenvalue weighted by Crippen LogP contribution is -2.47. The summed E-state index contributed by atoms with van der Waals surface area (Å²) in [4.78, 5) is 26.4. The summed E-state index contributed by atoms with van der Waals surface area (Å²) in [5, 5.41) is 2.70. The summed E-state index contributed by atoms with van der Waals surface area (Å²) < 4.78 is 10.9. The first-order valence-electron chi connectivity index (χ1n) is 12.1. The Morgan fingerprint density at radius 2 is 1.43 bits per heavy atom. The molecule has 0 saturated heterocycles. The van der Waals surface area contributed by atoms with Crippen LogP contribution < -0.4 is 5.32 Å². The van der Waals surface area contributed by atoms with E-state index in [1.807, 2.05) is 12.1 Å². The highest BCUT2D eigenvalue weighted by Gasteiger charge is 2.29. The van der Waals surface area contributed by atoms with E-state index in [1.54, 1.807) is 53.3 Å². The molecule has 2 rings (SSSR count). The minimum atomic E-state index is -0.853. The molecule has 0 fully saturated rings. The van der Waals surface area contributed by atoms with Crippen LogP contribution in [0.3, 0.4) is 0 Å². The molecule has 1 N–H and O–H groups in total. The number of nitrogens with one attached hydrogen (secondary N) is 1. The molecule has 0 unspecified atom stereocenters. The van der Waals surface area contributed by atoms with E-state index in [-0.39, 0.29) is 5.41 Å². The summed E-state index contributed by atoms with van der Waals surface area (Å²) in [5.41, 5.74) is 2.32. The van der Waals surface area contributed by atoms with Crippen molar-refractivity contribution in [3.8, 4) is 0 Å². The molecule has 0 heterocycles. The van der Waals surface area contributed by atoms with Gasteiger partial charge in [-0.15, -0.1) is 11.8 Å². The highest BCUT2D eigenvalue weighted by molar-refractivity contribution is 7.98. The number of rotatable bonds is 7. The number of hydrogen-bond acceptors (Lipinski definition) is 5. The fraction of sp³-hybridized carbons (Fsp3) is 0.517. The third-order valence-corrected chi connectivity index (χ3v) is 6.01. The van der Waals surface area contributed by atoms with E-state index in [1.165, 1.54) is 11.1 Å². The summed E-state index contributed by atoms with van der Waals surface area (Å²) in [6.45, 7) is 17.4. The normalized spacial score (nSPS) is 13.2. The van der Waals surface area contributed by atoms with Gasteiger partial charge in [0.2, 0.25) is 0 Å². The average molecular weight is 500 g/mol. The maximum Gasteiger partial charge on any atom is 0.408 e. The van der Waals surface area contributed by atoms with Gasteiger partial charge in [0, 0.05) is 17.1 Å². The predicted octanol–water partition coefficient (Wildman–Crippen LogP) is 7.05. The van der Waals surface area contributed by atoms with Crippen LogP contribution in [-0.2, 0) is 31.9 Å². The van der Waals surface area contributed by atoms with E-state index < -0.39 is 29.3 Å². The van der Waals surface area contributed by atoms with Crippen molar-refractivity contribution in [2.75, 3.05) is 0 Å². The van der Waals surface area contributed by atoms with Gasteiger partial charge in [-0.25, -0.2) is 9.59 Å². The van der Waals surface area contributed by atoms with Crippen molar-refractivity contribution in [1.29, 1.82) is 0 Å². The van der Waals surface area contributed by atoms with Crippen LogP contribution in [0.2, 0.25) is 0 Å². The number of carbonyl (C=O) groups excluding carboxylic acids is 2. The smallest absolute Gasteiger partial charge is 0.408 e. The van der Waals surface area contributed by atoms with Crippen molar-refractivity contribution < 1.29 is 19.1 Å². The minimum Gasteiger partial charge on any atom is -0.458 e. The molecule has 0 aliphatic rings. The maximum absolute atomic E-state index is 12.9. The van der Waals surface area contributed by atoms with Gasteiger partial charge in [-0.1, -0.05) is 57.2 Å². The van der Waals surface area contributed by atoms with Gasteiger partial charge in [-0.2, -0.15) is 0 Å². The van der Waals surface area contributed by atoms with Crippen LogP contribution >= 0.6 is 11.8 Å². The first-order chi connectivity index (χ1) is 16.0.